The molecule has 1 aliphatic heterocycles. The largest absolute Gasteiger partial charge is 0.368 e. The Kier molecular flexibility index (Phi) is 5.51. The molecule has 1 aliphatic rings. The fraction of sp³-hybridized carbons (Fsp3) is 0.300. The topological polar surface area (TPSA) is 52.7 Å². The molecule has 1 N–H and O–H groups in total. The van der Waals surface area contributed by atoms with Gasteiger partial charge in [-0.3, -0.25) is 9.59 Å². The number of piperazine rings is 1. The van der Waals surface area contributed by atoms with Crippen LogP contribution in [0.4, 0.5) is 10.1 Å². The molecule has 2 aromatic carbocycles. The van der Waals surface area contributed by atoms with Crippen LogP contribution in [0.2, 0.25) is 0 Å². The molecule has 0 bridgehead atoms. The first-order chi connectivity index (χ1) is 12.5. The Labute approximate surface area is 152 Å². The highest BCUT2D eigenvalue weighted by Crippen LogP contribution is 2.16. The number of halogens is 1. The molecule has 0 radical (unpaired) electrons. The van der Waals surface area contributed by atoms with E-state index in [4.69, 9.17) is 0 Å². The van der Waals surface area contributed by atoms with Crippen LogP contribution in [0, 0.1) is 5.82 Å². The first-order valence-corrected chi connectivity index (χ1v) is 8.70. The lowest BCUT2D eigenvalue weighted by molar-refractivity contribution is -0.133. The highest BCUT2D eigenvalue weighted by molar-refractivity contribution is 5.97. The quantitative estimate of drug-likeness (QED) is 0.916. The number of amides is 2. The van der Waals surface area contributed by atoms with Crippen molar-refractivity contribution in [1.82, 2.24) is 10.2 Å². The third kappa shape index (κ3) is 4.20. The maximum Gasteiger partial charge on any atom is 0.252 e. The van der Waals surface area contributed by atoms with Crippen molar-refractivity contribution in [3.05, 3.63) is 66.0 Å². The maximum atomic E-state index is 13.2. The fourth-order valence-electron chi connectivity index (χ4n) is 3.07. The molecule has 1 saturated heterocycles. The Balaban J connectivity index is 1.54. The van der Waals surface area contributed by atoms with Gasteiger partial charge in [0.1, 0.15) is 11.9 Å². The first kappa shape index (κ1) is 17.9. The molecule has 6 heteroatoms. The molecule has 136 valence electrons. The number of carbonyl (C=O) groups excluding carboxylic acids is 2. The molecule has 0 aliphatic carbocycles. The van der Waals surface area contributed by atoms with Gasteiger partial charge in [-0.15, -0.1) is 0 Å². The van der Waals surface area contributed by atoms with Crippen LogP contribution in [0.3, 0.4) is 0 Å². The zero-order chi connectivity index (χ0) is 18.5. The third-order valence-corrected chi connectivity index (χ3v) is 4.52. The van der Waals surface area contributed by atoms with Crippen LogP contribution in [-0.4, -0.2) is 48.9 Å². The van der Waals surface area contributed by atoms with Crippen LogP contribution in [0.15, 0.2) is 54.6 Å². The van der Waals surface area contributed by atoms with Gasteiger partial charge < -0.3 is 15.1 Å². The van der Waals surface area contributed by atoms with Crippen LogP contribution in [0.25, 0.3) is 0 Å². The van der Waals surface area contributed by atoms with E-state index >= 15 is 0 Å². The molecule has 1 fully saturated rings. The standard InChI is InChI=1S/C20H22FN3O2/c1-15(22-19(25)16-6-5-7-17(21)14-16)20(26)24-12-10-23(11-13-24)18-8-3-2-4-9-18/h2-9,14-15H,10-13H2,1H3,(H,22,25)/t15-/m1/s1. The highest BCUT2D eigenvalue weighted by atomic mass is 19.1. The van der Waals surface area contributed by atoms with Gasteiger partial charge in [0, 0.05) is 37.4 Å². The van der Waals surface area contributed by atoms with Gasteiger partial charge >= 0.3 is 0 Å². The van der Waals surface area contributed by atoms with Gasteiger partial charge in [-0.25, -0.2) is 4.39 Å². The normalized spacial score (nSPS) is 15.5. The van der Waals surface area contributed by atoms with Gasteiger partial charge in [0.15, 0.2) is 0 Å². The van der Waals surface area contributed by atoms with Gasteiger partial charge in [0.2, 0.25) is 5.91 Å². The van der Waals surface area contributed by atoms with Crippen LogP contribution in [-0.2, 0) is 4.79 Å². The summed E-state index contributed by atoms with van der Waals surface area (Å²) in [7, 11) is 0. The Morgan fingerprint density at radius 1 is 1.00 bits per heavy atom. The smallest absolute Gasteiger partial charge is 0.252 e. The minimum Gasteiger partial charge on any atom is -0.368 e. The molecule has 0 saturated carbocycles. The molecule has 1 heterocycles. The van der Waals surface area contributed by atoms with E-state index in [0.717, 1.165) is 24.8 Å². The third-order valence-electron chi connectivity index (χ3n) is 4.52. The average Bonchev–Trinajstić information content (AvgIpc) is 2.68. The number of nitrogens with one attached hydrogen (secondary N) is 1. The predicted molar refractivity (Wildman–Crippen MR) is 98.6 cm³/mol. The lowest BCUT2D eigenvalue weighted by Crippen LogP contribution is -2.54. The maximum absolute atomic E-state index is 13.2. The fourth-order valence-corrected chi connectivity index (χ4v) is 3.07. The van der Waals surface area contributed by atoms with E-state index in [2.05, 4.69) is 22.3 Å². The summed E-state index contributed by atoms with van der Waals surface area (Å²) >= 11 is 0. The zero-order valence-corrected chi connectivity index (χ0v) is 14.7. The number of rotatable bonds is 4. The molecule has 0 spiro atoms. The lowest BCUT2D eigenvalue weighted by Gasteiger charge is -2.37. The van der Waals surface area contributed by atoms with Crippen molar-refractivity contribution >= 4 is 17.5 Å². The predicted octanol–water partition coefficient (Wildman–Crippen LogP) is 2.29. The second-order valence-electron chi connectivity index (χ2n) is 6.35. The molecular formula is C20H22FN3O2. The number of carbonyl (C=O) groups is 2. The van der Waals surface area contributed by atoms with Gasteiger partial charge in [0.25, 0.3) is 5.91 Å². The number of anilines is 1. The summed E-state index contributed by atoms with van der Waals surface area (Å²) in [5.74, 6) is -1.05. The summed E-state index contributed by atoms with van der Waals surface area (Å²) in [5, 5.41) is 2.65. The average molecular weight is 355 g/mol. The second-order valence-corrected chi connectivity index (χ2v) is 6.35. The highest BCUT2D eigenvalue weighted by Gasteiger charge is 2.26. The van der Waals surface area contributed by atoms with E-state index in [9.17, 15) is 14.0 Å². The minimum absolute atomic E-state index is 0.123. The monoisotopic (exact) mass is 355 g/mol. The molecule has 1 atom stereocenters. The molecule has 2 aromatic rings. The van der Waals surface area contributed by atoms with Crippen LogP contribution in [0.5, 0.6) is 0 Å². The van der Waals surface area contributed by atoms with Crippen molar-refractivity contribution in [2.45, 2.75) is 13.0 Å². The van der Waals surface area contributed by atoms with Crippen molar-refractivity contribution in [3.63, 3.8) is 0 Å². The van der Waals surface area contributed by atoms with Crippen LogP contribution in [0.1, 0.15) is 17.3 Å². The summed E-state index contributed by atoms with van der Waals surface area (Å²) in [6, 6.07) is 14.9. The summed E-state index contributed by atoms with van der Waals surface area (Å²) in [6.45, 7) is 4.37. The zero-order valence-electron chi connectivity index (χ0n) is 14.7. The molecule has 3 rings (SSSR count). The first-order valence-electron chi connectivity index (χ1n) is 8.70. The SMILES string of the molecule is C[C@@H](NC(=O)c1cccc(F)c1)C(=O)N1CCN(c2ccccc2)CC1. The number of hydrogen-bond donors (Lipinski definition) is 1. The molecule has 26 heavy (non-hydrogen) atoms. The summed E-state index contributed by atoms with van der Waals surface area (Å²) < 4.78 is 13.2. The van der Waals surface area contributed by atoms with E-state index in [1.54, 1.807) is 11.8 Å². The Morgan fingerprint density at radius 3 is 2.35 bits per heavy atom. The number of hydrogen-bond acceptors (Lipinski definition) is 3. The van der Waals surface area contributed by atoms with E-state index in [0.29, 0.717) is 13.1 Å². The second kappa shape index (κ2) is 7.99. The number of benzene rings is 2. The van der Waals surface area contributed by atoms with Crippen molar-refractivity contribution < 1.29 is 14.0 Å². The Bertz CT molecular complexity index is 774. The van der Waals surface area contributed by atoms with Gasteiger partial charge in [-0.1, -0.05) is 24.3 Å². The Hall–Kier alpha value is -2.89. The molecule has 5 nitrogen and oxygen atoms in total. The number of para-hydroxylation sites is 1. The minimum atomic E-state index is -0.658. The van der Waals surface area contributed by atoms with Crippen molar-refractivity contribution in [2.75, 3.05) is 31.1 Å². The summed E-state index contributed by atoms with van der Waals surface area (Å²) in [6.07, 6.45) is 0. The lowest BCUT2D eigenvalue weighted by atomic mass is 10.1. The van der Waals surface area contributed by atoms with E-state index in [1.165, 1.54) is 18.2 Å². The van der Waals surface area contributed by atoms with Gasteiger partial charge in [0.05, 0.1) is 0 Å². The van der Waals surface area contributed by atoms with E-state index < -0.39 is 17.8 Å². The van der Waals surface area contributed by atoms with Crippen LogP contribution >= 0.6 is 0 Å². The Morgan fingerprint density at radius 2 is 1.69 bits per heavy atom. The van der Waals surface area contributed by atoms with Crippen molar-refractivity contribution in [3.8, 4) is 0 Å². The van der Waals surface area contributed by atoms with E-state index in [-0.39, 0.29) is 11.5 Å². The van der Waals surface area contributed by atoms with E-state index in [1.807, 2.05) is 18.2 Å². The molecule has 2 amide bonds. The summed E-state index contributed by atoms with van der Waals surface area (Å²) in [4.78, 5) is 28.8. The number of nitrogens with zero attached hydrogens (tertiary/aromatic N) is 2. The molecular weight excluding hydrogens is 333 g/mol. The van der Waals surface area contributed by atoms with Crippen molar-refractivity contribution in [2.24, 2.45) is 0 Å². The molecule has 0 unspecified atom stereocenters. The van der Waals surface area contributed by atoms with Crippen LogP contribution < -0.4 is 10.2 Å². The molecule has 0 aromatic heterocycles. The summed E-state index contributed by atoms with van der Waals surface area (Å²) in [5.41, 5.74) is 1.35. The van der Waals surface area contributed by atoms with Crippen molar-refractivity contribution in [1.29, 1.82) is 0 Å². The van der Waals surface area contributed by atoms with Gasteiger partial charge in [-0.05, 0) is 37.3 Å². The van der Waals surface area contributed by atoms with Gasteiger partial charge in [-0.2, -0.15) is 0 Å².